The molecule has 6 nitrogen and oxygen atoms in total. The molecule has 2 aromatic rings. The van der Waals surface area contributed by atoms with E-state index in [9.17, 15) is 22.1 Å². The molecule has 1 fully saturated rings. The Labute approximate surface area is 212 Å². The van der Waals surface area contributed by atoms with Crippen LogP contribution in [0.5, 0.6) is 5.75 Å². The maximum Gasteiger partial charge on any atom is 0.694 e. The second-order valence-corrected chi connectivity index (χ2v) is 10.4. The second-order valence-electron chi connectivity index (χ2n) is 8.52. The summed E-state index contributed by atoms with van der Waals surface area (Å²) in [6, 6.07) is 11.2. The van der Waals surface area contributed by atoms with Gasteiger partial charge in [-0.2, -0.15) is 0 Å². The lowest BCUT2D eigenvalue weighted by Crippen LogP contribution is -2.46. The van der Waals surface area contributed by atoms with Crippen LogP contribution in [-0.4, -0.2) is 43.4 Å². The summed E-state index contributed by atoms with van der Waals surface area (Å²) >= 11 is 1.31. The monoisotopic (exact) mass is 550 g/mol. The number of unbranched alkanes of at least 4 members (excludes halogenated alkanes) is 1. The van der Waals surface area contributed by atoms with Crippen LogP contribution < -0.4 is 10.1 Å². The molecule has 1 aliphatic heterocycles. The van der Waals surface area contributed by atoms with Gasteiger partial charge < -0.3 is 14.8 Å². The third kappa shape index (κ3) is 9.28. The Hall–Kier alpha value is -1.75. The van der Waals surface area contributed by atoms with Gasteiger partial charge in [-0.1, -0.05) is 24.6 Å². The van der Waals surface area contributed by atoms with E-state index in [-0.39, 0.29) is 23.6 Å². The zero-order chi connectivity index (χ0) is 26.0. The van der Waals surface area contributed by atoms with Gasteiger partial charge >= 0.3 is 14.6 Å². The lowest BCUT2D eigenvalue weighted by molar-refractivity contribution is -0.275. The van der Waals surface area contributed by atoms with Crippen molar-refractivity contribution in [2.24, 2.45) is 0 Å². The SMILES string of the molecule is O=[P+](O)OCCCNCc1ccc(SCCCCC2(c3ccc(F)cc3)COC2)c(OC(F)(F)F)c1. The molecular weight excluding hydrogens is 521 g/mol. The van der Waals surface area contributed by atoms with Gasteiger partial charge in [0.15, 0.2) is 0 Å². The number of rotatable bonds is 15. The number of hydrogen-bond donors (Lipinski definition) is 2. The average molecular weight is 551 g/mol. The quantitative estimate of drug-likeness (QED) is 0.120. The first-order chi connectivity index (χ1) is 17.2. The fourth-order valence-electron chi connectivity index (χ4n) is 3.91. The minimum absolute atomic E-state index is 0.106. The Morgan fingerprint density at radius 3 is 2.50 bits per heavy atom. The zero-order valence-corrected chi connectivity index (χ0v) is 21.3. The van der Waals surface area contributed by atoms with E-state index in [1.165, 1.54) is 30.0 Å². The summed E-state index contributed by atoms with van der Waals surface area (Å²) in [5.74, 6) is 0.109. The van der Waals surface area contributed by atoms with E-state index < -0.39 is 14.6 Å². The molecule has 36 heavy (non-hydrogen) atoms. The van der Waals surface area contributed by atoms with E-state index in [0.29, 0.717) is 48.9 Å². The van der Waals surface area contributed by atoms with Crippen LogP contribution in [0.4, 0.5) is 17.6 Å². The Morgan fingerprint density at radius 1 is 1.11 bits per heavy atom. The minimum atomic E-state index is -4.80. The maximum atomic E-state index is 13.3. The Morgan fingerprint density at radius 2 is 1.86 bits per heavy atom. The van der Waals surface area contributed by atoms with Gasteiger partial charge in [0.2, 0.25) is 0 Å². The first-order valence-electron chi connectivity index (χ1n) is 11.5. The van der Waals surface area contributed by atoms with Gasteiger partial charge in [-0.15, -0.1) is 34.4 Å². The van der Waals surface area contributed by atoms with Crippen LogP contribution in [0, 0.1) is 5.82 Å². The van der Waals surface area contributed by atoms with Crippen LogP contribution in [0.25, 0.3) is 0 Å². The average Bonchev–Trinajstić information content (AvgIpc) is 2.78. The van der Waals surface area contributed by atoms with Gasteiger partial charge in [0.05, 0.1) is 13.2 Å². The largest absolute Gasteiger partial charge is 0.694 e. The normalized spacial score (nSPS) is 15.4. The number of nitrogens with one attached hydrogen (secondary N) is 1. The lowest BCUT2D eigenvalue weighted by Gasteiger charge is -2.42. The molecule has 3 rings (SSSR count). The van der Waals surface area contributed by atoms with Crippen molar-refractivity contribution < 1.29 is 41.0 Å². The van der Waals surface area contributed by atoms with Gasteiger partial charge in [-0.25, -0.2) is 4.39 Å². The van der Waals surface area contributed by atoms with E-state index >= 15 is 0 Å². The Bertz CT molecular complexity index is 989. The first-order valence-corrected chi connectivity index (χ1v) is 13.6. The molecule has 1 saturated heterocycles. The smallest absolute Gasteiger partial charge is 0.405 e. The minimum Gasteiger partial charge on any atom is -0.405 e. The predicted molar refractivity (Wildman–Crippen MR) is 129 cm³/mol. The van der Waals surface area contributed by atoms with E-state index in [1.54, 1.807) is 24.3 Å². The van der Waals surface area contributed by atoms with Crippen molar-refractivity contribution >= 4 is 20.0 Å². The number of halogens is 4. The summed E-state index contributed by atoms with van der Waals surface area (Å²) in [7, 11) is -2.63. The van der Waals surface area contributed by atoms with E-state index in [0.717, 1.165) is 24.8 Å². The summed E-state index contributed by atoms with van der Waals surface area (Å²) in [5.41, 5.74) is 1.54. The number of thioether (sulfide) groups is 1. The van der Waals surface area contributed by atoms with Crippen molar-refractivity contribution in [1.29, 1.82) is 0 Å². The molecule has 0 aliphatic carbocycles. The maximum absolute atomic E-state index is 13.3. The molecular formula is C24H29F4NO5PS+. The van der Waals surface area contributed by atoms with Crippen molar-refractivity contribution in [2.75, 3.05) is 32.1 Å². The summed E-state index contributed by atoms with van der Waals surface area (Å²) in [6.07, 6.45) is -1.81. The lowest BCUT2D eigenvalue weighted by atomic mass is 9.75. The molecule has 1 unspecified atom stereocenters. The van der Waals surface area contributed by atoms with Crippen molar-refractivity contribution in [2.45, 2.75) is 48.9 Å². The van der Waals surface area contributed by atoms with Gasteiger partial charge in [-0.3, -0.25) is 0 Å². The van der Waals surface area contributed by atoms with Crippen LogP contribution in [0.15, 0.2) is 47.4 Å². The summed E-state index contributed by atoms with van der Waals surface area (Å²) < 4.78 is 76.9. The van der Waals surface area contributed by atoms with Gasteiger partial charge in [0.25, 0.3) is 0 Å². The van der Waals surface area contributed by atoms with Crippen LogP contribution in [0.1, 0.15) is 36.8 Å². The highest BCUT2D eigenvalue weighted by molar-refractivity contribution is 7.99. The molecule has 2 aromatic carbocycles. The van der Waals surface area contributed by atoms with Crippen molar-refractivity contribution in [3.63, 3.8) is 0 Å². The molecule has 198 valence electrons. The van der Waals surface area contributed by atoms with Gasteiger partial charge in [-0.05, 0) is 67.0 Å². The molecule has 2 N–H and O–H groups in total. The molecule has 0 amide bonds. The third-order valence-electron chi connectivity index (χ3n) is 5.78. The molecule has 0 spiro atoms. The van der Waals surface area contributed by atoms with Gasteiger partial charge in [0.1, 0.15) is 18.2 Å². The standard InChI is InChI=1S/C24H28F4NO5PS/c25-20-7-5-19(6-8-20)23(16-32-17-23)10-1-2-13-36-22-9-4-18(14-21(22)34-24(26,27)28)15-29-11-3-12-33-35(30)31/h4-9,14,29H,1-3,10-13,15-17H2/p+1. The van der Waals surface area contributed by atoms with Crippen LogP contribution in [0.2, 0.25) is 0 Å². The van der Waals surface area contributed by atoms with Crippen molar-refractivity contribution in [3.8, 4) is 5.75 Å². The molecule has 0 saturated carbocycles. The van der Waals surface area contributed by atoms with E-state index in [4.69, 9.17) is 9.63 Å². The highest BCUT2D eigenvalue weighted by atomic mass is 32.2. The van der Waals surface area contributed by atoms with Crippen LogP contribution in [-0.2, 0) is 25.8 Å². The topological polar surface area (TPSA) is 77.0 Å². The highest BCUT2D eigenvalue weighted by Crippen LogP contribution is 2.38. The second kappa shape index (κ2) is 13.7. The molecule has 1 atom stereocenters. The predicted octanol–water partition coefficient (Wildman–Crippen LogP) is 6.10. The fourth-order valence-corrected chi connectivity index (χ4v) is 5.17. The molecule has 0 aromatic heterocycles. The summed E-state index contributed by atoms with van der Waals surface area (Å²) in [5, 5.41) is 3.06. The third-order valence-corrected chi connectivity index (χ3v) is 7.33. The fraction of sp³-hybridized carbons (Fsp3) is 0.500. The van der Waals surface area contributed by atoms with Gasteiger partial charge in [0, 0.05) is 21.4 Å². The Kier molecular flexibility index (Phi) is 11.0. The summed E-state index contributed by atoms with van der Waals surface area (Å²) in [6.45, 7) is 2.06. The van der Waals surface area contributed by atoms with Crippen LogP contribution in [0.3, 0.4) is 0 Å². The van der Waals surface area contributed by atoms with Crippen LogP contribution >= 0.6 is 20.0 Å². The van der Waals surface area contributed by atoms with E-state index in [2.05, 4.69) is 14.6 Å². The number of alkyl halides is 3. The summed E-state index contributed by atoms with van der Waals surface area (Å²) in [4.78, 5) is 8.99. The zero-order valence-electron chi connectivity index (χ0n) is 19.6. The number of ether oxygens (including phenoxy) is 2. The number of benzene rings is 2. The molecule has 12 heteroatoms. The molecule has 0 bridgehead atoms. The van der Waals surface area contributed by atoms with Crippen molar-refractivity contribution in [1.82, 2.24) is 5.32 Å². The Balaban J connectivity index is 1.48. The molecule has 1 aliphatic rings. The molecule has 1 heterocycles. The number of hydrogen-bond acceptors (Lipinski definition) is 6. The highest BCUT2D eigenvalue weighted by Gasteiger charge is 2.39. The van der Waals surface area contributed by atoms with E-state index in [1.807, 2.05) is 0 Å². The van der Waals surface area contributed by atoms with Crippen molar-refractivity contribution in [3.05, 3.63) is 59.4 Å². The first kappa shape index (κ1) is 28.8. The molecule has 0 radical (unpaired) electrons.